The Kier molecular flexibility index (Phi) is 4.74. The molecule has 1 aromatic carbocycles. The van der Waals surface area contributed by atoms with Crippen molar-refractivity contribution in [3.05, 3.63) is 29.6 Å². The van der Waals surface area contributed by atoms with Crippen molar-refractivity contribution in [1.82, 2.24) is 4.90 Å². The highest BCUT2D eigenvalue weighted by molar-refractivity contribution is 5.99. The summed E-state index contributed by atoms with van der Waals surface area (Å²) in [5.41, 5.74) is 2.68. The molecule has 0 saturated carbocycles. The number of hydrogen-bond donors (Lipinski definition) is 2. The minimum atomic E-state index is -0.500. The summed E-state index contributed by atoms with van der Waals surface area (Å²) >= 11 is 0. The summed E-state index contributed by atoms with van der Waals surface area (Å²) in [5, 5.41) is 0. The molecule has 1 heterocycles. The van der Waals surface area contributed by atoms with E-state index in [0.717, 1.165) is 38.8 Å². The van der Waals surface area contributed by atoms with Crippen LogP contribution in [-0.4, -0.2) is 23.9 Å². The number of likely N-dealkylation sites (tertiary alicyclic amines) is 1. The molecule has 0 spiro atoms. The second kappa shape index (κ2) is 6.52. The van der Waals surface area contributed by atoms with Gasteiger partial charge in [-0.1, -0.05) is 25.3 Å². The van der Waals surface area contributed by atoms with E-state index in [2.05, 4.69) is 5.43 Å². The minimum Gasteiger partial charge on any atom is -0.339 e. The van der Waals surface area contributed by atoms with Crippen LogP contribution in [0.25, 0.3) is 0 Å². The third kappa shape index (κ3) is 3.23. The van der Waals surface area contributed by atoms with Crippen LogP contribution in [0.15, 0.2) is 18.2 Å². The van der Waals surface area contributed by atoms with E-state index >= 15 is 0 Å². The Morgan fingerprint density at radius 3 is 2.42 bits per heavy atom. The molecule has 5 heteroatoms. The van der Waals surface area contributed by atoms with Gasteiger partial charge in [0.05, 0.1) is 11.3 Å². The van der Waals surface area contributed by atoms with Crippen LogP contribution in [0.4, 0.5) is 10.1 Å². The van der Waals surface area contributed by atoms with Crippen molar-refractivity contribution in [2.75, 3.05) is 18.5 Å². The molecular weight excluding hydrogens is 245 g/mol. The van der Waals surface area contributed by atoms with Gasteiger partial charge in [0.15, 0.2) is 0 Å². The van der Waals surface area contributed by atoms with E-state index in [4.69, 9.17) is 5.84 Å². The smallest absolute Gasteiger partial charge is 0.256 e. The van der Waals surface area contributed by atoms with Crippen LogP contribution in [0.2, 0.25) is 0 Å². The first kappa shape index (κ1) is 13.8. The predicted molar refractivity (Wildman–Crippen MR) is 73.2 cm³/mol. The number of nitrogens with two attached hydrogens (primary N) is 1. The molecule has 1 aliphatic rings. The number of carbonyl (C=O) groups is 1. The number of amides is 1. The number of anilines is 1. The summed E-state index contributed by atoms with van der Waals surface area (Å²) in [6.07, 6.45) is 5.54. The van der Waals surface area contributed by atoms with Gasteiger partial charge < -0.3 is 10.3 Å². The average molecular weight is 265 g/mol. The topological polar surface area (TPSA) is 58.4 Å². The number of para-hydroxylation sites is 1. The third-order valence-corrected chi connectivity index (χ3v) is 3.53. The first-order valence-electron chi connectivity index (χ1n) is 6.78. The number of hydrazine groups is 1. The van der Waals surface area contributed by atoms with E-state index in [1.54, 1.807) is 11.0 Å². The molecule has 19 heavy (non-hydrogen) atoms. The SMILES string of the molecule is NNc1c(F)cccc1C(=O)N1CCCCCCC1. The monoisotopic (exact) mass is 265 g/mol. The summed E-state index contributed by atoms with van der Waals surface area (Å²) in [5.74, 6) is 4.67. The molecule has 0 atom stereocenters. The van der Waals surface area contributed by atoms with E-state index in [1.807, 2.05) is 0 Å². The zero-order valence-corrected chi connectivity index (χ0v) is 11.0. The number of hydrogen-bond acceptors (Lipinski definition) is 3. The average Bonchev–Trinajstić information content (AvgIpc) is 2.37. The maximum atomic E-state index is 13.6. The number of nitrogens with one attached hydrogen (secondary N) is 1. The molecule has 2 rings (SSSR count). The van der Waals surface area contributed by atoms with Gasteiger partial charge in [-0.05, 0) is 25.0 Å². The number of nitrogen functional groups attached to an aromatic ring is 1. The quantitative estimate of drug-likeness (QED) is 0.638. The van der Waals surface area contributed by atoms with Gasteiger partial charge in [0.2, 0.25) is 0 Å². The molecule has 104 valence electrons. The molecule has 0 bridgehead atoms. The number of nitrogens with zero attached hydrogens (tertiary/aromatic N) is 1. The van der Waals surface area contributed by atoms with Crippen LogP contribution in [0.5, 0.6) is 0 Å². The van der Waals surface area contributed by atoms with Crippen LogP contribution in [0.1, 0.15) is 42.5 Å². The van der Waals surface area contributed by atoms with Crippen LogP contribution < -0.4 is 11.3 Å². The molecule has 0 aromatic heterocycles. The summed E-state index contributed by atoms with van der Waals surface area (Å²) in [7, 11) is 0. The molecule has 1 aliphatic heterocycles. The summed E-state index contributed by atoms with van der Waals surface area (Å²) in [6.45, 7) is 1.47. The van der Waals surface area contributed by atoms with Crippen molar-refractivity contribution in [1.29, 1.82) is 0 Å². The highest BCUT2D eigenvalue weighted by Crippen LogP contribution is 2.21. The predicted octanol–water partition coefficient (Wildman–Crippen LogP) is 2.52. The lowest BCUT2D eigenvalue weighted by Crippen LogP contribution is -2.34. The molecule has 1 fully saturated rings. The fourth-order valence-electron chi connectivity index (χ4n) is 2.47. The van der Waals surface area contributed by atoms with Gasteiger partial charge in [-0.2, -0.15) is 0 Å². The summed E-state index contributed by atoms with van der Waals surface area (Å²) in [4.78, 5) is 14.3. The zero-order chi connectivity index (χ0) is 13.7. The molecule has 3 N–H and O–H groups in total. The maximum Gasteiger partial charge on any atom is 0.256 e. The molecule has 1 aromatic rings. The number of halogens is 1. The minimum absolute atomic E-state index is 0.0783. The molecule has 1 saturated heterocycles. The Labute approximate surface area is 112 Å². The van der Waals surface area contributed by atoms with Crippen LogP contribution >= 0.6 is 0 Å². The van der Waals surface area contributed by atoms with E-state index in [-0.39, 0.29) is 11.6 Å². The highest BCUT2D eigenvalue weighted by atomic mass is 19.1. The molecule has 1 amide bonds. The summed E-state index contributed by atoms with van der Waals surface area (Å²) in [6, 6.07) is 4.44. The zero-order valence-electron chi connectivity index (χ0n) is 11.0. The van der Waals surface area contributed by atoms with Crippen molar-refractivity contribution in [2.24, 2.45) is 5.84 Å². The Balaban J connectivity index is 2.20. The van der Waals surface area contributed by atoms with Crippen LogP contribution in [0, 0.1) is 5.82 Å². The van der Waals surface area contributed by atoms with E-state index in [0.29, 0.717) is 5.56 Å². The number of carbonyl (C=O) groups excluding carboxylic acids is 1. The molecule has 0 radical (unpaired) electrons. The first-order chi connectivity index (χ1) is 9.24. The van der Waals surface area contributed by atoms with E-state index in [9.17, 15) is 9.18 Å². The van der Waals surface area contributed by atoms with Crippen molar-refractivity contribution in [3.8, 4) is 0 Å². The fourth-order valence-corrected chi connectivity index (χ4v) is 2.47. The maximum absolute atomic E-state index is 13.6. The highest BCUT2D eigenvalue weighted by Gasteiger charge is 2.20. The molecule has 0 aliphatic carbocycles. The molecule has 0 unspecified atom stereocenters. The van der Waals surface area contributed by atoms with E-state index < -0.39 is 5.82 Å². The van der Waals surface area contributed by atoms with Gasteiger partial charge in [0.25, 0.3) is 5.91 Å². The van der Waals surface area contributed by atoms with Crippen molar-refractivity contribution in [3.63, 3.8) is 0 Å². The first-order valence-corrected chi connectivity index (χ1v) is 6.78. The Morgan fingerprint density at radius 1 is 1.16 bits per heavy atom. The fraction of sp³-hybridized carbons (Fsp3) is 0.500. The standard InChI is InChI=1S/C14H20FN3O/c15-12-8-6-7-11(13(12)17-16)14(19)18-9-4-2-1-3-5-10-18/h6-8,17H,1-5,9-10,16H2. The second-order valence-electron chi connectivity index (χ2n) is 4.87. The van der Waals surface area contributed by atoms with Gasteiger partial charge in [-0.25, -0.2) is 4.39 Å². The Morgan fingerprint density at radius 2 is 1.79 bits per heavy atom. The van der Waals surface area contributed by atoms with E-state index in [1.165, 1.54) is 18.6 Å². The number of rotatable bonds is 2. The lowest BCUT2D eigenvalue weighted by atomic mass is 10.1. The van der Waals surface area contributed by atoms with Gasteiger partial charge in [0, 0.05) is 13.1 Å². The van der Waals surface area contributed by atoms with Crippen molar-refractivity contribution >= 4 is 11.6 Å². The third-order valence-electron chi connectivity index (χ3n) is 3.53. The van der Waals surface area contributed by atoms with Crippen LogP contribution in [-0.2, 0) is 0 Å². The Hall–Kier alpha value is -1.62. The molecule has 4 nitrogen and oxygen atoms in total. The van der Waals surface area contributed by atoms with Gasteiger partial charge >= 0.3 is 0 Å². The van der Waals surface area contributed by atoms with Crippen molar-refractivity contribution in [2.45, 2.75) is 32.1 Å². The largest absolute Gasteiger partial charge is 0.339 e. The normalized spacial score (nSPS) is 16.6. The molecular formula is C14H20FN3O. The van der Waals surface area contributed by atoms with Gasteiger partial charge in [0.1, 0.15) is 5.82 Å². The van der Waals surface area contributed by atoms with Crippen molar-refractivity contribution < 1.29 is 9.18 Å². The second-order valence-corrected chi connectivity index (χ2v) is 4.87. The number of benzene rings is 1. The van der Waals surface area contributed by atoms with Gasteiger partial charge in [-0.15, -0.1) is 0 Å². The summed E-state index contributed by atoms with van der Waals surface area (Å²) < 4.78 is 13.6. The Bertz CT molecular complexity index is 442. The lowest BCUT2D eigenvalue weighted by molar-refractivity contribution is 0.0743. The van der Waals surface area contributed by atoms with Gasteiger partial charge in [-0.3, -0.25) is 10.6 Å². The van der Waals surface area contributed by atoms with Crippen LogP contribution in [0.3, 0.4) is 0 Å². The lowest BCUT2D eigenvalue weighted by Gasteiger charge is -2.25.